The molecule has 0 fully saturated rings. The Kier molecular flexibility index (Phi) is 4.73. The summed E-state index contributed by atoms with van der Waals surface area (Å²) in [4.78, 5) is 0. The highest BCUT2D eigenvalue weighted by atomic mass is 13.8. The van der Waals surface area contributed by atoms with E-state index in [2.05, 4.69) is 19.9 Å². The van der Waals surface area contributed by atoms with Gasteiger partial charge in [0.1, 0.15) is 0 Å². The van der Waals surface area contributed by atoms with Crippen molar-refractivity contribution >= 4 is 0 Å². The van der Waals surface area contributed by atoms with Crippen LogP contribution in [0.5, 0.6) is 0 Å². The van der Waals surface area contributed by atoms with Crippen LogP contribution in [0, 0.1) is 13.8 Å². The molecule has 0 aromatic rings. The van der Waals surface area contributed by atoms with Gasteiger partial charge in [0.25, 0.3) is 0 Å². The molecular formula is C8H14. The van der Waals surface area contributed by atoms with E-state index in [1.807, 2.05) is 6.92 Å². The molecule has 0 nitrogen and oxygen atoms in total. The Morgan fingerprint density at radius 2 is 2.25 bits per heavy atom. The van der Waals surface area contributed by atoms with Crippen molar-refractivity contribution in [1.82, 2.24) is 0 Å². The van der Waals surface area contributed by atoms with Crippen LogP contribution >= 0.6 is 0 Å². The van der Waals surface area contributed by atoms with Gasteiger partial charge in [-0.15, -0.1) is 0 Å². The lowest BCUT2D eigenvalue weighted by atomic mass is 10.2. The topological polar surface area (TPSA) is 0 Å². The molecule has 0 aromatic heterocycles. The molecule has 0 unspecified atom stereocenters. The summed E-state index contributed by atoms with van der Waals surface area (Å²) < 4.78 is 0. The van der Waals surface area contributed by atoms with E-state index in [0.29, 0.717) is 0 Å². The van der Waals surface area contributed by atoms with Gasteiger partial charge in [-0.3, -0.25) is 0 Å². The minimum absolute atomic E-state index is 1.03. The average Bonchev–Trinajstić information content (AvgIpc) is 1.66. The third-order valence-corrected chi connectivity index (χ3v) is 0.947. The maximum absolute atomic E-state index is 3.75. The molecule has 2 radical (unpaired) electrons. The van der Waals surface area contributed by atoms with Crippen molar-refractivity contribution < 1.29 is 0 Å². The fourth-order valence-electron chi connectivity index (χ4n) is 0.493. The number of allylic oxidation sites excluding steroid dienone is 2. The summed E-state index contributed by atoms with van der Waals surface area (Å²) in [7, 11) is 0. The van der Waals surface area contributed by atoms with Crippen LogP contribution in [0.25, 0.3) is 0 Å². The first-order valence-corrected chi connectivity index (χ1v) is 3.05. The minimum Gasteiger partial charge on any atom is -0.0856 e. The highest BCUT2D eigenvalue weighted by Crippen LogP contribution is 1.97. The maximum atomic E-state index is 3.75. The van der Waals surface area contributed by atoms with E-state index in [0.717, 1.165) is 12.8 Å². The predicted octanol–water partition coefficient (Wildman–Crippen LogP) is 2.77. The van der Waals surface area contributed by atoms with Gasteiger partial charge in [-0.1, -0.05) is 25.0 Å². The quantitative estimate of drug-likeness (QED) is 0.490. The van der Waals surface area contributed by atoms with E-state index in [-0.39, 0.29) is 0 Å². The number of hydrogen-bond acceptors (Lipinski definition) is 0. The molecule has 0 aromatic carbocycles. The first kappa shape index (κ1) is 7.74. The molecule has 0 rings (SSSR count). The van der Waals surface area contributed by atoms with Gasteiger partial charge in [0, 0.05) is 0 Å². The second kappa shape index (κ2) is 4.89. The molecule has 0 saturated carbocycles. The molecule has 0 spiro atoms. The highest BCUT2D eigenvalue weighted by Gasteiger charge is 1.78. The van der Waals surface area contributed by atoms with Crippen molar-refractivity contribution in [1.29, 1.82) is 0 Å². The molecule has 8 heavy (non-hydrogen) atoms. The van der Waals surface area contributed by atoms with Crippen LogP contribution in [0.4, 0.5) is 0 Å². The number of hydrogen-bond donors (Lipinski definition) is 0. The summed E-state index contributed by atoms with van der Waals surface area (Å²) in [5, 5.41) is 0. The monoisotopic (exact) mass is 110 g/mol. The predicted molar refractivity (Wildman–Crippen MR) is 38.3 cm³/mol. The lowest BCUT2D eigenvalue weighted by Gasteiger charge is -1.88. The van der Waals surface area contributed by atoms with Crippen molar-refractivity contribution in [2.24, 2.45) is 0 Å². The molecule has 0 bridgehead atoms. The van der Waals surface area contributed by atoms with E-state index in [9.17, 15) is 0 Å². The maximum Gasteiger partial charge on any atom is -0.0286 e. The highest BCUT2D eigenvalue weighted by molar-refractivity contribution is 5.00. The summed E-state index contributed by atoms with van der Waals surface area (Å²) in [6.07, 6.45) is 5.50. The Morgan fingerprint density at radius 3 is 2.62 bits per heavy atom. The lowest BCUT2D eigenvalue weighted by Crippen LogP contribution is -1.68. The summed E-state index contributed by atoms with van der Waals surface area (Å²) in [5.74, 6) is 0. The van der Waals surface area contributed by atoms with Gasteiger partial charge < -0.3 is 0 Å². The Labute approximate surface area is 52.6 Å². The summed E-state index contributed by atoms with van der Waals surface area (Å²) in [6, 6.07) is 0. The molecule has 0 aliphatic heterocycles. The van der Waals surface area contributed by atoms with Crippen molar-refractivity contribution in [2.75, 3.05) is 0 Å². The zero-order valence-electron chi connectivity index (χ0n) is 5.61. The molecule has 0 aliphatic rings. The second-order valence-corrected chi connectivity index (χ2v) is 2.05. The van der Waals surface area contributed by atoms with E-state index >= 15 is 0 Å². The lowest BCUT2D eigenvalue weighted by molar-refractivity contribution is 0.862. The molecular weight excluding hydrogens is 96.1 g/mol. The van der Waals surface area contributed by atoms with E-state index < -0.39 is 0 Å². The largest absolute Gasteiger partial charge is 0.0856 e. The van der Waals surface area contributed by atoms with Crippen LogP contribution in [0.1, 0.15) is 26.2 Å². The van der Waals surface area contributed by atoms with Crippen molar-refractivity contribution in [3.63, 3.8) is 0 Å². The van der Waals surface area contributed by atoms with Crippen molar-refractivity contribution in [3.8, 4) is 0 Å². The zero-order chi connectivity index (χ0) is 6.41. The van der Waals surface area contributed by atoms with Gasteiger partial charge in [-0.25, -0.2) is 0 Å². The minimum atomic E-state index is 1.03. The zero-order valence-corrected chi connectivity index (χ0v) is 5.61. The third-order valence-electron chi connectivity index (χ3n) is 0.947. The van der Waals surface area contributed by atoms with Gasteiger partial charge in [0.05, 0.1) is 0 Å². The fraction of sp³-hybridized carbons (Fsp3) is 0.500. The molecule has 0 heterocycles. The Morgan fingerprint density at radius 1 is 1.62 bits per heavy atom. The first-order chi connectivity index (χ1) is 3.77. The van der Waals surface area contributed by atoms with Crippen LogP contribution in [-0.2, 0) is 0 Å². The fourth-order valence-corrected chi connectivity index (χ4v) is 0.493. The molecule has 0 aliphatic carbocycles. The molecule has 0 atom stereocenters. The Hall–Kier alpha value is -0.260. The van der Waals surface area contributed by atoms with Crippen molar-refractivity contribution in [3.05, 3.63) is 25.5 Å². The Balaban J connectivity index is 3.03. The van der Waals surface area contributed by atoms with E-state index in [4.69, 9.17) is 0 Å². The van der Waals surface area contributed by atoms with Gasteiger partial charge >= 0.3 is 0 Å². The summed E-state index contributed by atoms with van der Waals surface area (Å²) in [6.45, 7) is 9.50. The van der Waals surface area contributed by atoms with Gasteiger partial charge in [-0.2, -0.15) is 0 Å². The Bertz CT molecular complexity index is 66.1. The summed E-state index contributed by atoms with van der Waals surface area (Å²) >= 11 is 0. The second-order valence-electron chi connectivity index (χ2n) is 2.05. The van der Waals surface area contributed by atoms with Gasteiger partial charge in [0.2, 0.25) is 0 Å². The number of rotatable bonds is 3. The van der Waals surface area contributed by atoms with Gasteiger partial charge in [0.15, 0.2) is 0 Å². The normalized spacial score (nSPS) is 12.1. The molecule has 0 saturated heterocycles. The average molecular weight is 110 g/mol. The van der Waals surface area contributed by atoms with E-state index in [1.165, 1.54) is 12.0 Å². The van der Waals surface area contributed by atoms with Crippen LogP contribution in [0.15, 0.2) is 11.6 Å². The van der Waals surface area contributed by atoms with Crippen LogP contribution in [0.2, 0.25) is 0 Å². The first-order valence-electron chi connectivity index (χ1n) is 3.05. The smallest absolute Gasteiger partial charge is 0.0286 e. The molecule has 46 valence electrons. The van der Waals surface area contributed by atoms with Crippen LogP contribution in [0.3, 0.4) is 0 Å². The van der Waals surface area contributed by atoms with Crippen LogP contribution < -0.4 is 0 Å². The van der Waals surface area contributed by atoms with Crippen LogP contribution in [-0.4, -0.2) is 0 Å². The number of unbranched alkanes of at least 4 members (excludes halogenated alkanes) is 2. The van der Waals surface area contributed by atoms with Crippen molar-refractivity contribution in [2.45, 2.75) is 26.2 Å². The SMILES string of the molecule is [CH2]CCCC=C([CH2])C. The standard InChI is InChI=1S/C8H14/c1-4-5-6-7-8(2)3/h7H,1-2,4-6H2,3H3. The third kappa shape index (κ3) is 5.74. The molecule has 0 N–H and O–H groups in total. The summed E-state index contributed by atoms with van der Waals surface area (Å²) in [5.41, 5.74) is 1.17. The van der Waals surface area contributed by atoms with Gasteiger partial charge in [-0.05, 0) is 26.7 Å². The molecule has 0 amide bonds. The molecule has 0 heteroatoms. The van der Waals surface area contributed by atoms with E-state index in [1.54, 1.807) is 0 Å².